The molecule has 3 saturated carbocycles. The Morgan fingerprint density at radius 1 is 1.07 bits per heavy atom. The molecule has 0 radical (unpaired) electrons. The molecule has 4 heteroatoms. The molecule has 4 fully saturated rings. The van der Waals surface area contributed by atoms with Gasteiger partial charge in [-0.3, -0.25) is 9.59 Å². The van der Waals surface area contributed by atoms with E-state index in [2.05, 4.69) is 19.9 Å². The van der Waals surface area contributed by atoms with E-state index in [-0.39, 0.29) is 34.1 Å². The third kappa shape index (κ3) is 2.09. The van der Waals surface area contributed by atoms with Gasteiger partial charge in [0.2, 0.25) is 0 Å². The maximum Gasteiger partial charge on any atom is 0.306 e. The van der Waals surface area contributed by atoms with Crippen LogP contribution in [0.1, 0.15) is 71.6 Å². The molecule has 7 atom stereocenters. The molecule has 0 aromatic carbocycles. The Hall–Kier alpha value is -1.63. The highest BCUT2D eigenvalue weighted by Gasteiger charge is 2.68. The second-order valence-electron chi connectivity index (χ2n) is 10.2. The number of hydrogen-bond donors (Lipinski definition) is 0. The number of hydrogen-bond acceptors (Lipinski definition) is 4. The lowest BCUT2D eigenvalue weighted by atomic mass is 9.44. The molecule has 4 unspecified atom stereocenters. The topological polar surface area (TPSA) is 67.2 Å². The Bertz CT molecular complexity index is 794. The first-order valence-corrected chi connectivity index (χ1v) is 10.7. The zero-order chi connectivity index (χ0) is 19.0. The van der Waals surface area contributed by atoms with Crippen LogP contribution in [0.4, 0.5) is 0 Å². The fourth-order valence-corrected chi connectivity index (χ4v) is 7.99. The Morgan fingerprint density at radius 3 is 2.56 bits per heavy atom. The van der Waals surface area contributed by atoms with Crippen molar-refractivity contribution in [1.82, 2.24) is 0 Å². The number of allylic oxidation sites excluding steroid dienone is 1. The minimum absolute atomic E-state index is 0.00249. The third-order valence-corrected chi connectivity index (χ3v) is 9.51. The maximum absolute atomic E-state index is 12.0. The molecule has 1 heterocycles. The van der Waals surface area contributed by atoms with E-state index in [1.54, 1.807) is 0 Å². The molecule has 0 aromatic heterocycles. The molecule has 0 aromatic rings. The number of rotatable bonds is 0. The van der Waals surface area contributed by atoms with Gasteiger partial charge in [-0.15, -0.1) is 0 Å². The first-order chi connectivity index (χ1) is 12.8. The van der Waals surface area contributed by atoms with Crippen LogP contribution in [0.15, 0.2) is 11.6 Å². The monoisotopic (exact) mass is 367 g/mol. The van der Waals surface area contributed by atoms with Gasteiger partial charge in [-0.25, -0.2) is 0 Å². The van der Waals surface area contributed by atoms with Gasteiger partial charge in [-0.05, 0) is 74.2 Å². The van der Waals surface area contributed by atoms with Crippen molar-refractivity contribution in [3.05, 3.63) is 11.6 Å². The number of ether oxygens (including phenoxy) is 1. The van der Waals surface area contributed by atoms with Crippen LogP contribution in [-0.4, -0.2) is 17.4 Å². The predicted octanol–water partition coefficient (Wildman–Crippen LogP) is 4.34. The number of fused-ring (bicyclic) bond motifs is 6. The molecule has 1 aliphatic heterocycles. The summed E-state index contributed by atoms with van der Waals surface area (Å²) in [7, 11) is 0. The van der Waals surface area contributed by atoms with Gasteiger partial charge in [0.1, 0.15) is 5.60 Å². The molecule has 0 N–H and O–H groups in total. The van der Waals surface area contributed by atoms with Crippen LogP contribution < -0.4 is 0 Å². The van der Waals surface area contributed by atoms with E-state index in [0.29, 0.717) is 30.6 Å². The zero-order valence-corrected chi connectivity index (χ0v) is 16.4. The fourth-order valence-electron chi connectivity index (χ4n) is 7.99. The van der Waals surface area contributed by atoms with Gasteiger partial charge in [0.05, 0.1) is 12.0 Å². The molecular weight excluding hydrogens is 338 g/mol. The van der Waals surface area contributed by atoms with E-state index < -0.39 is 0 Å². The molecule has 4 nitrogen and oxygen atoms in total. The first-order valence-electron chi connectivity index (χ1n) is 10.7. The minimum atomic E-state index is -0.292. The van der Waals surface area contributed by atoms with E-state index in [1.165, 1.54) is 5.57 Å². The van der Waals surface area contributed by atoms with Crippen LogP contribution in [0, 0.1) is 45.8 Å². The Balaban J connectivity index is 1.56. The summed E-state index contributed by atoms with van der Waals surface area (Å²) in [6.07, 6.45) is 9.76. The molecule has 5 rings (SSSR count). The zero-order valence-electron chi connectivity index (χ0n) is 16.4. The number of esters is 1. The van der Waals surface area contributed by atoms with E-state index in [9.17, 15) is 14.9 Å². The van der Waals surface area contributed by atoms with Crippen LogP contribution in [0.5, 0.6) is 0 Å². The fraction of sp³-hybridized carbons (Fsp3) is 0.783. The van der Waals surface area contributed by atoms with E-state index in [1.807, 2.05) is 6.08 Å². The number of carbonyl (C=O) groups is 2. The van der Waals surface area contributed by atoms with Crippen LogP contribution in [-0.2, 0) is 14.3 Å². The lowest BCUT2D eigenvalue weighted by Gasteiger charge is -2.60. The second-order valence-corrected chi connectivity index (χ2v) is 10.2. The van der Waals surface area contributed by atoms with Crippen molar-refractivity contribution in [2.24, 2.45) is 34.5 Å². The summed E-state index contributed by atoms with van der Waals surface area (Å²) in [5, 5.41) is 10.0. The molecule has 0 bridgehead atoms. The highest BCUT2D eigenvalue weighted by Crippen LogP contribution is 2.70. The predicted molar refractivity (Wildman–Crippen MR) is 99.3 cm³/mol. The van der Waals surface area contributed by atoms with Gasteiger partial charge in [-0.1, -0.05) is 19.4 Å². The molecule has 144 valence electrons. The second kappa shape index (κ2) is 5.46. The van der Waals surface area contributed by atoms with E-state index in [4.69, 9.17) is 4.74 Å². The number of carbonyl (C=O) groups excluding carboxylic acids is 2. The standard InChI is InChI=1S/C23H29NO3/c1-21-7-3-16(25)12-15(21)11-14(13-24)20-17(21)4-8-22(2)18(20)5-9-23(22)10-6-19(26)27-23/h12,14,17-18,20H,3-11H2,1-2H3/t14?,17?,18?,20?,21-,22-,23+/m0/s1. The minimum Gasteiger partial charge on any atom is -0.458 e. The summed E-state index contributed by atoms with van der Waals surface area (Å²) in [4.78, 5) is 24.0. The van der Waals surface area contributed by atoms with Gasteiger partial charge < -0.3 is 4.74 Å². The average Bonchev–Trinajstić information content (AvgIpc) is 3.16. The van der Waals surface area contributed by atoms with E-state index >= 15 is 0 Å². The Kier molecular flexibility index (Phi) is 3.53. The number of nitriles is 1. The normalized spacial score (nSPS) is 51.1. The van der Waals surface area contributed by atoms with Crippen LogP contribution in [0.25, 0.3) is 0 Å². The van der Waals surface area contributed by atoms with Crippen LogP contribution in [0.3, 0.4) is 0 Å². The molecule has 5 aliphatic rings. The summed E-state index contributed by atoms with van der Waals surface area (Å²) in [6, 6.07) is 2.63. The summed E-state index contributed by atoms with van der Waals surface area (Å²) in [6.45, 7) is 4.69. The van der Waals surface area contributed by atoms with Crippen molar-refractivity contribution < 1.29 is 14.3 Å². The quantitative estimate of drug-likeness (QED) is 0.597. The van der Waals surface area contributed by atoms with Crippen molar-refractivity contribution in [2.45, 2.75) is 77.2 Å². The molecule has 4 aliphatic carbocycles. The SMILES string of the molecule is C[C@]12CCC(=O)C=C1CC(C#N)C1C2CC[C@@]2(C)C1CC[C@@]21CCC(=O)O1. The van der Waals surface area contributed by atoms with Crippen LogP contribution in [0.2, 0.25) is 0 Å². The van der Waals surface area contributed by atoms with Gasteiger partial charge in [0, 0.05) is 18.3 Å². The molecule has 1 spiro atoms. The van der Waals surface area contributed by atoms with Crippen molar-refractivity contribution in [2.75, 3.05) is 0 Å². The number of nitrogens with zero attached hydrogens (tertiary/aromatic N) is 1. The van der Waals surface area contributed by atoms with Crippen molar-refractivity contribution >= 4 is 11.8 Å². The molecular formula is C23H29NO3. The van der Waals surface area contributed by atoms with Gasteiger partial charge in [0.25, 0.3) is 0 Å². The van der Waals surface area contributed by atoms with Gasteiger partial charge >= 0.3 is 5.97 Å². The Labute approximate surface area is 161 Å². The van der Waals surface area contributed by atoms with Crippen molar-refractivity contribution in [3.63, 3.8) is 0 Å². The lowest BCUT2D eigenvalue weighted by Crippen LogP contribution is -2.56. The first kappa shape index (κ1) is 17.5. The van der Waals surface area contributed by atoms with Crippen LogP contribution >= 0.6 is 0 Å². The summed E-state index contributed by atoms with van der Waals surface area (Å²) in [5.41, 5.74) is 1.00. The van der Waals surface area contributed by atoms with Gasteiger partial charge in [-0.2, -0.15) is 5.26 Å². The lowest BCUT2D eigenvalue weighted by molar-refractivity contribution is -0.169. The smallest absolute Gasteiger partial charge is 0.306 e. The third-order valence-electron chi connectivity index (χ3n) is 9.51. The number of ketones is 1. The molecule has 0 amide bonds. The molecule has 27 heavy (non-hydrogen) atoms. The maximum atomic E-state index is 12.0. The van der Waals surface area contributed by atoms with Gasteiger partial charge in [0.15, 0.2) is 5.78 Å². The van der Waals surface area contributed by atoms with E-state index in [0.717, 1.165) is 44.9 Å². The van der Waals surface area contributed by atoms with Crippen molar-refractivity contribution in [3.8, 4) is 6.07 Å². The average molecular weight is 367 g/mol. The largest absolute Gasteiger partial charge is 0.458 e. The summed E-state index contributed by atoms with van der Waals surface area (Å²) in [5.74, 6) is 1.46. The highest BCUT2D eigenvalue weighted by molar-refractivity contribution is 5.91. The summed E-state index contributed by atoms with van der Waals surface area (Å²) < 4.78 is 6.00. The summed E-state index contributed by atoms with van der Waals surface area (Å²) >= 11 is 0. The molecule has 1 saturated heterocycles. The highest BCUT2D eigenvalue weighted by atomic mass is 16.6. The Morgan fingerprint density at radius 2 is 1.85 bits per heavy atom. The van der Waals surface area contributed by atoms with Crippen molar-refractivity contribution in [1.29, 1.82) is 5.26 Å².